The highest BCUT2D eigenvalue weighted by molar-refractivity contribution is 5.98. The van der Waals surface area contributed by atoms with Crippen LogP contribution in [0, 0.1) is 10.1 Å². The number of nitro groups is 1. The molecule has 1 unspecified atom stereocenters. The minimum absolute atomic E-state index is 0.0948. The molecule has 0 radical (unpaired) electrons. The normalized spacial score (nSPS) is 18.0. The van der Waals surface area contributed by atoms with Gasteiger partial charge in [0.05, 0.1) is 11.5 Å². The molecule has 1 aromatic carbocycles. The molecular formula is C16H23N3O4. The second-order valence-corrected chi connectivity index (χ2v) is 5.75. The molecule has 1 fully saturated rings. The molecule has 1 atom stereocenters. The number of rotatable bonds is 8. The van der Waals surface area contributed by atoms with Crippen LogP contribution in [0.25, 0.3) is 0 Å². The average Bonchev–Trinajstić information content (AvgIpc) is 3.01. The van der Waals surface area contributed by atoms with E-state index in [1.807, 2.05) is 0 Å². The Labute approximate surface area is 135 Å². The highest BCUT2D eigenvalue weighted by Gasteiger charge is 2.23. The van der Waals surface area contributed by atoms with Crippen molar-refractivity contribution < 1.29 is 14.8 Å². The third-order valence-electron chi connectivity index (χ3n) is 4.21. The Bertz CT molecular complexity index is 550. The fourth-order valence-electron chi connectivity index (χ4n) is 2.96. The first-order valence-electron chi connectivity index (χ1n) is 8.00. The van der Waals surface area contributed by atoms with E-state index in [1.54, 1.807) is 12.1 Å². The van der Waals surface area contributed by atoms with Crippen LogP contribution in [0.5, 0.6) is 0 Å². The number of amides is 1. The van der Waals surface area contributed by atoms with E-state index in [-0.39, 0.29) is 23.9 Å². The van der Waals surface area contributed by atoms with Gasteiger partial charge in [0.25, 0.3) is 11.6 Å². The minimum atomic E-state index is -0.544. The lowest BCUT2D eigenvalue weighted by Gasteiger charge is -2.22. The zero-order valence-electron chi connectivity index (χ0n) is 13.1. The average molecular weight is 321 g/mol. The molecule has 0 aliphatic carbocycles. The number of benzene rings is 1. The molecule has 126 valence electrons. The van der Waals surface area contributed by atoms with Crippen molar-refractivity contribution in [1.29, 1.82) is 0 Å². The van der Waals surface area contributed by atoms with E-state index in [9.17, 15) is 20.0 Å². The Morgan fingerprint density at radius 1 is 1.39 bits per heavy atom. The number of carbonyl (C=O) groups is 1. The molecule has 7 nitrogen and oxygen atoms in total. The van der Waals surface area contributed by atoms with E-state index in [1.165, 1.54) is 12.1 Å². The van der Waals surface area contributed by atoms with Crippen LogP contribution in [0.15, 0.2) is 24.3 Å². The van der Waals surface area contributed by atoms with Crippen LogP contribution in [-0.4, -0.2) is 53.1 Å². The van der Waals surface area contributed by atoms with Crippen LogP contribution >= 0.6 is 0 Å². The van der Waals surface area contributed by atoms with Crippen LogP contribution in [-0.2, 0) is 0 Å². The molecule has 1 amide bonds. The number of carbonyl (C=O) groups excluding carboxylic acids is 1. The number of para-hydroxylation sites is 1. The van der Waals surface area contributed by atoms with Gasteiger partial charge in [-0.05, 0) is 44.8 Å². The highest BCUT2D eigenvalue weighted by atomic mass is 16.6. The molecule has 0 spiro atoms. The number of aliphatic hydroxyl groups is 1. The van der Waals surface area contributed by atoms with Crippen LogP contribution in [0.2, 0.25) is 0 Å². The molecule has 1 heterocycles. The van der Waals surface area contributed by atoms with Crippen molar-refractivity contribution in [2.75, 3.05) is 26.2 Å². The third-order valence-corrected chi connectivity index (χ3v) is 4.21. The number of aliphatic hydroxyl groups excluding tert-OH is 1. The fourth-order valence-corrected chi connectivity index (χ4v) is 2.96. The third kappa shape index (κ3) is 4.74. The quantitative estimate of drug-likeness (QED) is 0.430. The van der Waals surface area contributed by atoms with Gasteiger partial charge >= 0.3 is 0 Å². The summed E-state index contributed by atoms with van der Waals surface area (Å²) in [5.74, 6) is -0.410. The first-order valence-corrected chi connectivity index (χ1v) is 8.00. The largest absolute Gasteiger partial charge is 0.395 e. The standard InChI is InChI=1S/C16H23N3O4/c20-12-13-6-5-11-18(13)10-4-3-9-17-16(21)14-7-1-2-8-15(14)19(22)23/h1-2,7-8,13,20H,3-6,9-12H2,(H,17,21). The Kier molecular flexibility index (Phi) is 6.49. The second kappa shape index (κ2) is 8.59. The van der Waals surface area contributed by atoms with Gasteiger partial charge in [-0.15, -0.1) is 0 Å². The summed E-state index contributed by atoms with van der Waals surface area (Å²) >= 11 is 0. The molecule has 1 aliphatic rings. The number of hydrogen-bond acceptors (Lipinski definition) is 5. The Morgan fingerprint density at radius 3 is 2.91 bits per heavy atom. The lowest BCUT2D eigenvalue weighted by atomic mass is 10.1. The van der Waals surface area contributed by atoms with Crippen molar-refractivity contribution in [3.05, 3.63) is 39.9 Å². The van der Waals surface area contributed by atoms with Crippen molar-refractivity contribution >= 4 is 11.6 Å². The predicted octanol–water partition coefficient (Wildman–Crippen LogP) is 1.56. The summed E-state index contributed by atoms with van der Waals surface area (Å²) in [7, 11) is 0. The number of unbranched alkanes of at least 4 members (excludes halogenated alkanes) is 1. The molecule has 1 aromatic rings. The van der Waals surface area contributed by atoms with Gasteiger partial charge in [0.15, 0.2) is 0 Å². The Morgan fingerprint density at radius 2 is 2.17 bits per heavy atom. The van der Waals surface area contributed by atoms with Gasteiger partial charge in [-0.2, -0.15) is 0 Å². The topological polar surface area (TPSA) is 95.7 Å². The van der Waals surface area contributed by atoms with Crippen molar-refractivity contribution in [3.8, 4) is 0 Å². The molecule has 0 saturated carbocycles. The van der Waals surface area contributed by atoms with Crippen LogP contribution < -0.4 is 5.32 Å². The second-order valence-electron chi connectivity index (χ2n) is 5.75. The number of nitro benzene ring substituents is 1. The maximum atomic E-state index is 12.0. The van der Waals surface area contributed by atoms with Gasteiger partial charge in [0.2, 0.25) is 0 Å². The molecule has 0 bridgehead atoms. The van der Waals surface area contributed by atoms with Crippen molar-refractivity contribution in [2.24, 2.45) is 0 Å². The zero-order valence-corrected chi connectivity index (χ0v) is 13.1. The van der Waals surface area contributed by atoms with Crippen LogP contribution in [0.1, 0.15) is 36.0 Å². The maximum Gasteiger partial charge on any atom is 0.282 e. The first kappa shape index (κ1) is 17.4. The van der Waals surface area contributed by atoms with Gasteiger partial charge < -0.3 is 10.4 Å². The monoisotopic (exact) mass is 321 g/mol. The van der Waals surface area contributed by atoms with Crippen LogP contribution in [0.4, 0.5) is 5.69 Å². The first-order chi connectivity index (χ1) is 11.1. The summed E-state index contributed by atoms with van der Waals surface area (Å²) in [5, 5.41) is 22.9. The number of nitrogens with one attached hydrogen (secondary N) is 1. The molecule has 23 heavy (non-hydrogen) atoms. The van der Waals surface area contributed by atoms with Crippen molar-refractivity contribution in [3.63, 3.8) is 0 Å². The van der Waals surface area contributed by atoms with Crippen LogP contribution in [0.3, 0.4) is 0 Å². The number of likely N-dealkylation sites (tertiary alicyclic amines) is 1. The molecule has 1 saturated heterocycles. The maximum absolute atomic E-state index is 12.0. The van der Waals surface area contributed by atoms with Gasteiger partial charge in [-0.3, -0.25) is 19.8 Å². The predicted molar refractivity (Wildman–Crippen MR) is 86.3 cm³/mol. The van der Waals surface area contributed by atoms with Gasteiger partial charge in [0, 0.05) is 18.7 Å². The molecule has 0 aromatic heterocycles. The van der Waals surface area contributed by atoms with E-state index in [2.05, 4.69) is 10.2 Å². The summed E-state index contributed by atoms with van der Waals surface area (Å²) in [5.41, 5.74) is -0.0785. The molecule has 2 N–H and O–H groups in total. The number of nitrogens with zero attached hydrogens (tertiary/aromatic N) is 2. The summed E-state index contributed by atoms with van der Waals surface area (Å²) in [6.07, 6.45) is 3.90. The lowest BCUT2D eigenvalue weighted by Crippen LogP contribution is -2.33. The van der Waals surface area contributed by atoms with Gasteiger partial charge in [-0.1, -0.05) is 12.1 Å². The summed E-state index contributed by atoms with van der Waals surface area (Å²) in [4.78, 5) is 24.7. The summed E-state index contributed by atoms with van der Waals surface area (Å²) in [6, 6.07) is 6.23. The van der Waals surface area contributed by atoms with Gasteiger partial charge in [0.1, 0.15) is 5.56 Å². The molecule has 7 heteroatoms. The van der Waals surface area contributed by atoms with E-state index >= 15 is 0 Å². The van der Waals surface area contributed by atoms with E-state index in [4.69, 9.17) is 0 Å². The Balaban J connectivity index is 1.72. The summed E-state index contributed by atoms with van der Waals surface area (Å²) in [6.45, 7) is 2.62. The van der Waals surface area contributed by atoms with E-state index < -0.39 is 10.8 Å². The highest BCUT2D eigenvalue weighted by Crippen LogP contribution is 2.18. The smallest absolute Gasteiger partial charge is 0.282 e. The number of hydrogen-bond donors (Lipinski definition) is 2. The van der Waals surface area contributed by atoms with E-state index in [0.29, 0.717) is 6.54 Å². The van der Waals surface area contributed by atoms with Crippen molar-refractivity contribution in [2.45, 2.75) is 31.7 Å². The fraction of sp³-hybridized carbons (Fsp3) is 0.562. The Hall–Kier alpha value is -1.99. The van der Waals surface area contributed by atoms with Crippen molar-refractivity contribution in [1.82, 2.24) is 10.2 Å². The minimum Gasteiger partial charge on any atom is -0.395 e. The molecular weight excluding hydrogens is 298 g/mol. The zero-order chi connectivity index (χ0) is 16.7. The van der Waals surface area contributed by atoms with E-state index in [0.717, 1.165) is 38.8 Å². The molecule has 2 rings (SSSR count). The SMILES string of the molecule is O=C(NCCCCN1CCCC1CO)c1ccccc1[N+](=O)[O-]. The molecule has 1 aliphatic heterocycles. The summed E-state index contributed by atoms with van der Waals surface area (Å²) < 4.78 is 0. The van der Waals surface area contributed by atoms with Gasteiger partial charge in [-0.25, -0.2) is 0 Å². The lowest BCUT2D eigenvalue weighted by molar-refractivity contribution is -0.385.